The molecule has 0 amide bonds. The molecular weight excluding hydrogens is 262 g/mol. The zero-order chi connectivity index (χ0) is 11.4. The van der Waals surface area contributed by atoms with E-state index in [1.807, 2.05) is 30.5 Å². The van der Waals surface area contributed by atoms with Crippen LogP contribution in [0.3, 0.4) is 0 Å². The van der Waals surface area contributed by atoms with Crippen molar-refractivity contribution in [3.63, 3.8) is 0 Å². The van der Waals surface area contributed by atoms with Crippen LogP contribution in [-0.2, 0) is 6.61 Å². The number of rotatable bonds is 4. The molecule has 0 radical (unpaired) electrons. The highest BCUT2D eigenvalue weighted by atomic mass is 35.5. The summed E-state index contributed by atoms with van der Waals surface area (Å²) in [6.07, 6.45) is 3.78. The van der Waals surface area contributed by atoms with Crippen molar-refractivity contribution in [2.45, 2.75) is 11.5 Å². The molecule has 0 atom stereocenters. The summed E-state index contributed by atoms with van der Waals surface area (Å²) in [6.45, 7) is 0.516. The van der Waals surface area contributed by atoms with E-state index in [2.05, 4.69) is 4.98 Å². The topological polar surface area (TPSA) is 22.1 Å². The molecule has 0 aliphatic carbocycles. The van der Waals surface area contributed by atoms with Crippen LogP contribution in [0.2, 0.25) is 4.47 Å². The maximum atomic E-state index is 5.75. The molecule has 0 aliphatic heterocycles. The zero-order valence-electron chi connectivity index (χ0n) is 8.64. The highest BCUT2D eigenvalue weighted by Crippen LogP contribution is 2.28. The third kappa shape index (κ3) is 2.90. The van der Waals surface area contributed by atoms with E-state index in [0.717, 1.165) is 15.5 Å². The first-order valence-electron chi connectivity index (χ1n) is 4.65. The number of benzene rings is 1. The summed E-state index contributed by atoms with van der Waals surface area (Å²) in [4.78, 5) is 6.14. The Bertz CT molecular complexity index is 473. The second-order valence-electron chi connectivity index (χ2n) is 3.02. The fraction of sp³-hybridized carbons (Fsp3) is 0.182. The molecule has 84 valence electrons. The van der Waals surface area contributed by atoms with Crippen molar-refractivity contribution in [3.8, 4) is 5.75 Å². The molecule has 0 saturated carbocycles. The van der Waals surface area contributed by atoms with E-state index in [0.29, 0.717) is 11.1 Å². The number of aromatic nitrogens is 1. The Morgan fingerprint density at radius 1 is 1.44 bits per heavy atom. The van der Waals surface area contributed by atoms with Gasteiger partial charge >= 0.3 is 0 Å². The van der Waals surface area contributed by atoms with Gasteiger partial charge in [-0.25, -0.2) is 4.98 Å². The highest BCUT2D eigenvalue weighted by Gasteiger charge is 2.04. The van der Waals surface area contributed by atoms with Crippen LogP contribution in [0, 0.1) is 0 Å². The molecule has 16 heavy (non-hydrogen) atoms. The number of hydrogen-bond acceptors (Lipinski definition) is 4. The van der Waals surface area contributed by atoms with E-state index in [-0.39, 0.29) is 0 Å². The molecule has 0 bridgehead atoms. The predicted octanol–water partition coefficient (Wildman–Crippen LogP) is 4.10. The molecule has 5 heteroatoms. The predicted molar refractivity (Wildman–Crippen MR) is 69.7 cm³/mol. The van der Waals surface area contributed by atoms with E-state index < -0.39 is 0 Å². The van der Waals surface area contributed by atoms with Gasteiger partial charge in [0.15, 0.2) is 4.47 Å². The van der Waals surface area contributed by atoms with Gasteiger partial charge in [-0.3, -0.25) is 0 Å². The van der Waals surface area contributed by atoms with Crippen molar-refractivity contribution in [3.05, 3.63) is 39.8 Å². The van der Waals surface area contributed by atoms with Crippen LogP contribution in [0.15, 0.2) is 35.4 Å². The summed E-state index contributed by atoms with van der Waals surface area (Å²) in [5, 5.41) is 0. The van der Waals surface area contributed by atoms with E-state index in [1.54, 1.807) is 18.0 Å². The van der Waals surface area contributed by atoms with Crippen molar-refractivity contribution in [1.29, 1.82) is 0 Å². The molecule has 0 N–H and O–H groups in total. The van der Waals surface area contributed by atoms with Crippen LogP contribution in [-0.4, -0.2) is 11.2 Å². The number of nitrogens with zero attached hydrogens (tertiary/aromatic N) is 1. The molecule has 0 unspecified atom stereocenters. The molecular formula is C11H10ClNOS2. The van der Waals surface area contributed by atoms with Crippen LogP contribution < -0.4 is 4.74 Å². The number of hydrogen-bond donors (Lipinski definition) is 0. The SMILES string of the molecule is CSc1ccccc1OCc1cnc(Cl)s1. The summed E-state index contributed by atoms with van der Waals surface area (Å²) < 4.78 is 6.27. The van der Waals surface area contributed by atoms with Crippen molar-refractivity contribution >= 4 is 34.7 Å². The maximum absolute atomic E-state index is 5.75. The average molecular weight is 272 g/mol. The number of ether oxygens (including phenoxy) is 1. The van der Waals surface area contributed by atoms with E-state index in [1.165, 1.54) is 11.3 Å². The van der Waals surface area contributed by atoms with Gasteiger partial charge in [-0.05, 0) is 18.4 Å². The van der Waals surface area contributed by atoms with Crippen molar-refractivity contribution in [2.75, 3.05) is 6.26 Å². The third-order valence-electron chi connectivity index (χ3n) is 1.96. The zero-order valence-corrected chi connectivity index (χ0v) is 11.0. The van der Waals surface area contributed by atoms with E-state index >= 15 is 0 Å². The Balaban J connectivity index is 2.04. The Morgan fingerprint density at radius 3 is 2.94 bits per heavy atom. The standard InChI is InChI=1S/C11H10ClNOS2/c1-15-10-5-3-2-4-9(10)14-7-8-6-13-11(12)16-8/h2-6H,7H2,1H3. The lowest BCUT2D eigenvalue weighted by molar-refractivity contribution is 0.302. The Morgan fingerprint density at radius 2 is 2.25 bits per heavy atom. The van der Waals surface area contributed by atoms with Crippen LogP contribution >= 0.6 is 34.7 Å². The molecule has 2 nitrogen and oxygen atoms in total. The summed E-state index contributed by atoms with van der Waals surface area (Å²) in [5.74, 6) is 0.902. The number of para-hydroxylation sites is 1. The first kappa shape index (κ1) is 11.8. The molecule has 2 aromatic rings. The first-order valence-corrected chi connectivity index (χ1v) is 7.07. The second kappa shape index (κ2) is 5.57. The number of thioether (sulfide) groups is 1. The minimum atomic E-state index is 0.516. The van der Waals surface area contributed by atoms with Crippen LogP contribution in [0.1, 0.15) is 4.88 Å². The normalized spacial score (nSPS) is 10.4. The number of thiazole rings is 1. The van der Waals surface area contributed by atoms with E-state index in [4.69, 9.17) is 16.3 Å². The van der Waals surface area contributed by atoms with E-state index in [9.17, 15) is 0 Å². The van der Waals surface area contributed by atoms with Gasteiger partial charge in [-0.15, -0.1) is 23.1 Å². The van der Waals surface area contributed by atoms with Gasteiger partial charge in [0.05, 0.1) is 4.88 Å². The molecule has 1 heterocycles. The van der Waals surface area contributed by atoms with Crippen LogP contribution in [0.5, 0.6) is 5.75 Å². The fourth-order valence-electron chi connectivity index (χ4n) is 1.24. The molecule has 1 aromatic carbocycles. The molecule has 2 rings (SSSR count). The second-order valence-corrected chi connectivity index (χ2v) is 5.56. The lowest BCUT2D eigenvalue weighted by Crippen LogP contribution is -1.93. The Hall–Kier alpha value is -0.710. The number of halogens is 1. The van der Waals surface area contributed by atoms with Gasteiger partial charge in [0.1, 0.15) is 12.4 Å². The van der Waals surface area contributed by atoms with Crippen LogP contribution in [0.25, 0.3) is 0 Å². The third-order valence-corrected chi connectivity index (χ3v) is 3.83. The average Bonchev–Trinajstić information content (AvgIpc) is 2.73. The largest absolute Gasteiger partial charge is 0.487 e. The molecule has 0 fully saturated rings. The quantitative estimate of drug-likeness (QED) is 0.782. The Kier molecular flexibility index (Phi) is 4.09. The van der Waals surface area contributed by atoms with Gasteiger partial charge in [0.25, 0.3) is 0 Å². The molecule has 0 saturated heterocycles. The molecule has 0 aliphatic rings. The summed E-state index contributed by atoms with van der Waals surface area (Å²) in [5.41, 5.74) is 0. The van der Waals surface area contributed by atoms with Crippen LogP contribution in [0.4, 0.5) is 0 Å². The molecule has 1 aromatic heterocycles. The minimum Gasteiger partial charge on any atom is -0.487 e. The Labute approximate surface area is 108 Å². The fourth-order valence-corrected chi connectivity index (χ4v) is 2.67. The van der Waals surface area contributed by atoms with Gasteiger partial charge in [-0.2, -0.15) is 0 Å². The van der Waals surface area contributed by atoms with Crippen molar-refractivity contribution in [1.82, 2.24) is 4.98 Å². The summed E-state index contributed by atoms with van der Waals surface area (Å²) in [7, 11) is 0. The monoisotopic (exact) mass is 271 g/mol. The van der Waals surface area contributed by atoms with Crippen molar-refractivity contribution in [2.24, 2.45) is 0 Å². The lowest BCUT2D eigenvalue weighted by Gasteiger charge is -2.07. The lowest BCUT2D eigenvalue weighted by atomic mass is 10.3. The van der Waals surface area contributed by atoms with Gasteiger partial charge < -0.3 is 4.74 Å². The highest BCUT2D eigenvalue weighted by molar-refractivity contribution is 7.98. The minimum absolute atomic E-state index is 0.516. The molecule has 0 spiro atoms. The summed E-state index contributed by atoms with van der Waals surface area (Å²) in [6, 6.07) is 7.98. The van der Waals surface area contributed by atoms with Gasteiger partial charge in [-0.1, -0.05) is 23.7 Å². The van der Waals surface area contributed by atoms with Crippen molar-refractivity contribution < 1.29 is 4.74 Å². The smallest absolute Gasteiger partial charge is 0.183 e. The summed E-state index contributed by atoms with van der Waals surface area (Å²) >= 11 is 8.86. The maximum Gasteiger partial charge on any atom is 0.183 e. The van der Waals surface area contributed by atoms with Gasteiger partial charge in [0.2, 0.25) is 0 Å². The first-order chi connectivity index (χ1) is 7.79. The van der Waals surface area contributed by atoms with Gasteiger partial charge in [0, 0.05) is 11.1 Å².